The van der Waals surface area contributed by atoms with Gasteiger partial charge in [0, 0.05) is 0 Å². The molecular weight excluding hydrogens is 214 g/mol. The fraction of sp³-hybridized carbons (Fsp3) is 0.923. The fourth-order valence-electron chi connectivity index (χ4n) is 1.89. The summed E-state index contributed by atoms with van der Waals surface area (Å²) < 4.78 is 0. The van der Waals surface area contributed by atoms with Gasteiger partial charge in [-0.15, -0.1) is 0 Å². The van der Waals surface area contributed by atoms with Crippen LogP contribution in [-0.4, -0.2) is 18.5 Å². The lowest BCUT2D eigenvalue weighted by Gasteiger charge is -2.06. The van der Waals surface area contributed by atoms with E-state index in [1.807, 2.05) is 0 Å². The maximum Gasteiger partial charge on any atom is 0.234 e. The molecule has 1 unspecified atom stereocenters. The maximum absolute atomic E-state index is 10.7. The highest BCUT2D eigenvalue weighted by Gasteiger charge is 2.07. The number of carbonyl (C=O) groups is 1. The summed E-state index contributed by atoms with van der Waals surface area (Å²) in [4.78, 5) is 10.7. The summed E-state index contributed by atoms with van der Waals surface area (Å²) in [6.45, 7) is 0.820. The van der Waals surface area contributed by atoms with Gasteiger partial charge < -0.3 is 17.2 Å². The first-order valence-electron chi connectivity index (χ1n) is 6.93. The average molecular weight is 243 g/mol. The van der Waals surface area contributed by atoms with E-state index in [1.54, 1.807) is 0 Å². The second-order valence-electron chi connectivity index (χ2n) is 4.77. The van der Waals surface area contributed by atoms with Crippen LogP contribution in [0.5, 0.6) is 0 Å². The zero-order valence-electron chi connectivity index (χ0n) is 11.0. The highest BCUT2D eigenvalue weighted by molar-refractivity contribution is 5.79. The third-order valence-corrected chi connectivity index (χ3v) is 3.08. The number of nitrogens with two attached hydrogens (primary N) is 3. The molecule has 0 bridgehead atoms. The Labute approximate surface area is 105 Å². The zero-order chi connectivity index (χ0) is 12.9. The average Bonchev–Trinajstić information content (AvgIpc) is 2.31. The van der Waals surface area contributed by atoms with Gasteiger partial charge in [-0.25, -0.2) is 0 Å². The van der Waals surface area contributed by atoms with Gasteiger partial charge >= 0.3 is 0 Å². The van der Waals surface area contributed by atoms with Crippen molar-refractivity contribution in [2.75, 3.05) is 6.54 Å². The largest absolute Gasteiger partial charge is 0.368 e. The first-order chi connectivity index (χ1) is 8.18. The van der Waals surface area contributed by atoms with Gasteiger partial charge in [0.1, 0.15) is 0 Å². The minimum Gasteiger partial charge on any atom is -0.368 e. The van der Waals surface area contributed by atoms with Gasteiger partial charge in [-0.05, 0) is 19.4 Å². The van der Waals surface area contributed by atoms with Crippen molar-refractivity contribution in [3.05, 3.63) is 0 Å². The third kappa shape index (κ3) is 11.6. The third-order valence-electron chi connectivity index (χ3n) is 3.08. The Morgan fingerprint density at radius 3 is 1.65 bits per heavy atom. The maximum atomic E-state index is 10.7. The number of rotatable bonds is 12. The number of carbonyl (C=O) groups excluding carboxylic acids is 1. The summed E-state index contributed by atoms with van der Waals surface area (Å²) in [5.41, 5.74) is 16.1. The van der Waals surface area contributed by atoms with Crippen LogP contribution in [0.4, 0.5) is 0 Å². The lowest BCUT2D eigenvalue weighted by Crippen LogP contribution is -2.36. The Balaban J connectivity index is 3.06. The second kappa shape index (κ2) is 11.9. The molecule has 0 spiro atoms. The summed E-state index contributed by atoms with van der Waals surface area (Å²) in [7, 11) is 0. The van der Waals surface area contributed by atoms with Gasteiger partial charge in [-0.1, -0.05) is 51.4 Å². The lowest BCUT2D eigenvalue weighted by molar-refractivity contribution is -0.119. The minimum absolute atomic E-state index is 0.384. The van der Waals surface area contributed by atoms with E-state index < -0.39 is 6.04 Å². The normalized spacial score (nSPS) is 12.6. The fourth-order valence-corrected chi connectivity index (χ4v) is 1.89. The van der Waals surface area contributed by atoms with E-state index in [1.165, 1.54) is 38.5 Å². The first-order valence-corrected chi connectivity index (χ1v) is 6.93. The molecule has 4 heteroatoms. The molecule has 0 aromatic carbocycles. The van der Waals surface area contributed by atoms with Crippen LogP contribution < -0.4 is 17.2 Å². The second-order valence-corrected chi connectivity index (χ2v) is 4.77. The summed E-state index contributed by atoms with van der Waals surface area (Å²) >= 11 is 0. The molecule has 0 saturated carbocycles. The van der Waals surface area contributed by atoms with Crippen LogP contribution in [0.1, 0.15) is 64.2 Å². The van der Waals surface area contributed by atoms with Crippen molar-refractivity contribution in [3.63, 3.8) is 0 Å². The van der Waals surface area contributed by atoms with Crippen molar-refractivity contribution in [1.29, 1.82) is 0 Å². The highest BCUT2D eigenvalue weighted by atomic mass is 16.1. The monoisotopic (exact) mass is 243 g/mol. The predicted molar refractivity (Wildman–Crippen MR) is 72.4 cm³/mol. The van der Waals surface area contributed by atoms with Crippen LogP contribution in [-0.2, 0) is 4.79 Å². The topological polar surface area (TPSA) is 95.1 Å². The number of hydrogen-bond acceptors (Lipinski definition) is 3. The Hall–Kier alpha value is -0.610. The molecule has 1 amide bonds. The molecule has 17 heavy (non-hydrogen) atoms. The molecule has 0 saturated heterocycles. The number of amides is 1. The summed E-state index contributed by atoms with van der Waals surface area (Å²) in [6.07, 6.45) is 11.8. The van der Waals surface area contributed by atoms with Crippen molar-refractivity contribution in [2.24, 2.45) is 17.2 Å². The molecule has 4 nitrogen and oxygen atoms in total. The van der Waals surface area contributed by atoms with E-state index in [-0.39, 0.29) is 5.91 Å². The Morgan fingerprint density at radius 1 is 0.824 bits per heavy atom. The van der Waals surface area contributed by atoms with E-state index in [9.17, 15) is 4.79 Å². The smallest absolute Gasteiger partial charge is 0.234 e. The van der Waals surface area contributed by atoms with Crippen LogP contribution >= 0.6 is 0 Å². The van der Waals surface area contributed by atoms with Crippen molar-refractivity contribution >= 4 is 5.91 Å². The molecule has 102 valence electrons. The van der Waals surface area contributed by atoms with Gasteiger partial charge in [0.05, 0.1) is 6.04 Å². The van der Waals surface area contributed by atoms with Crippen molar-refractivity contribution in [2.45, 2.75) is 70.3 Å². The first kappa shape index (κ1) is 16.4. The van der Waals surface area contributed by atoms with Gasteiger partial charge in [-0.3, -0.25) is 4.79 Å². The van der Waals surface area contributed by atoms with Crippen molar-refractivity contribution in [1.82, 2.24) is 0 Å². The van der Waals surface area contributed by atoms with Crippen molar-refractivity contribution in [3.8, 4) is 0 Å². The molecule has 1 atom stereocenters. The zero-order valence-corrected chi connectivity index (χ0v) is 11.0. The van der Waals surface area contributed by atoms with Gasteiger partial charge in [0.2, 0.25) is 5.91 Å². The minimum atomic E-state index is -0.453. The van der Waals surface area contributed by atoms with Crippen LogP contribution in [0.3, 0.4) is 0 Å². The quantitative estimate of drug-likeness (QED) is 0.455. The summed E-state index contributed by atoms with van der Waals surface area (Å²) in [5, 5.41) is 0. The molecule has 0 aliphatic heterocycles. The number of unbranched alkanes of at least 4 members (excludes halogenated alkanes) is 8. The number of hydrogen-bond donors (Lipinski definition) is 3. The Kier molecular flexibility index (Phi) is 11.4. The predicted octanol–water partition coefficient (Wildman–Crippen LogP) is 1.66. The standard InChI is InChI=1S/C13H29N3O/c14-11-9-7-5-3-1-2-4-6-8-10-12(15)13(16)17/h12H,1-11,14-15H2,(H2,16,17). The van der Waals surface area contributed by atoms with Gasteiger partial charge in [-0.2, -0.15) is 0 Å². The molecule has 0 aromatic rings. The molecule has 0 fully saturated rings. The van der Waals surface area contributed by atoms with E-state index in [0.29, 0.717) is 0 Å². The molecule has 0 rings (SSSR count). The van der Waals surface area contributed by atoms with E-state index in [4.69, 9.17) is 17.2 Å². The Bertz CT molecular complexity index is 186. The van der Waals surface area contributed by atoms with Crippen molar-refractivity contribution < 1.29 is 4.79 Å². The van der Waals surface area contributed by atoms with Crippen LogP contribution in [0.15, 0.2) is 0 Å². The molecule has 0 aromatic heterocycles. The van der Waals surface area contributed by atoms with Crippen LogP contribution in [0.25, 0.3) is 0 Å². The molecule has 0 radical (unpaired) electrons. The van der Waals surface area contributed by atoms with Gasteiger partial charge in [0.25, 0.3) is 0 Å². The van der Waals surface area contributed by atoms with E-state index >= 15 is 0 Å². The molecule has 6 N–H and O–H groups in total. The molecule has 0 aliphatic carbocycles. The Morgan fingerprint density at radius 2 is 1.24 bits per heavy atom. The summed E-state index contributed by atoms with van der Waals surface area (Å²) in [5.74, 6) is -0.384. The SMILES string of the molecule is NCCCCCCCCCCCC(N)C(N)=O. The van der Waals surface area contributed by atoms with Crippen LogP contribution in [0.2, 0.25) is 0 Å². The molecule has 0 heterocycles. The lowest BCUT2D eigenvalue weighted by atomic mass is 10.0. The molecular formula is C13H29N3O. The molecule has 0 aliphatic rings. The van der Waals surface area contributed by atoms with E-state index in [0.717, 1.165) is 32.2 Å². The number of primary amides is 1. The van der Waals surface area contributed by atoms with Crippen LogP contribution in [0, 0.1) is 0 Å². The van der Waals surface area contributed by atoms with Gasteiger partial charge in [0.15, 0.2) is 0 Å². The van der Waals surface area contributed by atoms with E-state index in [2.05, 4.69) is 0 Å². The summed E-state index contributed by atoms with van der Waals surface area (Å²) in [6, 6.07) is -0.453. The highest BCUT2D eigenvalue weighted by Crippen LogP contribution is 2.10.